The van der Waals surface area contributed by atoms with Crippen LogP contribution in [-0.4, -0.2) is 37.2 Å². The summed E-state index contributed by atoms with van der Waals surface area (Å²) in [7, 11) is 2.17. The Bertz CT molecular complexity index is 234. The van der Waals surface area contributed by atoms with E-state index in [0.29, 0.717) is 12.2 Å². The van der Waals surface area contributed by atoms with Crippen molar-refractivity contribution in [3.05, 3.63) is 24.3 Å². The summed E-state index contributed by atoms with van der Waals surface area (Å²) in [6, 6.07) is 0. The first-order chi connectivity index (χ1) is 6.84. The highest BCUT2D eigenvalue weighted by molar-refractivity contribution is 5.11. The maximum Gasteiger partial charge on any atom is 0.0797 e. The van der Waals surface area contributed by atoms with Gasteiger partial charge in [0.1, 0.15) is 0 Å². The molecule has 2 nitrogen and oxygen atoms in total. The van der Waals surface area contributed by atoms with Crippen molar-refractivity contribution >= 4 is 0 Å². The normalized spacial score (nSPS) is 33.5. The second-order valence-electron chi connectivity index (χ2n) is 4.25. The van der Waals surface area contributed by atoms with Crippen molar-refractivity contribution in [1.29, 1.82) is 0 Å². The fourth-order valence-electron chi connectivity index (χ4n) is 2.14. The van der Waals surface area contributed by atoms with Crippen molar-refractivity contribution in [2.75, 3.05) is 20.1 Å². The number of piperidine rings is 1. The number of nitrogens with zero attached hydrogens (tertiary/aromatic N) is 1. The van der Waals surface area contributed by atoms with Crippen LogP contribution >= 0.6 is 0 Å². The molecule has 0 radical (unpaired) electrons. The van der Waals surface area contributed by atoms with E-state index in [1.165, 1.54) is 19.4 Å². The molecule has 0 saturated carbocycles. The molecular formula is C12H19NO. The Morgan fingerprint density at radius 1 is 1.36 bits per heavy atom. The van der Waals surface area contributed by atoms with Gasteiger partial charge in [0.15, 0.2) is 0 Å². The maximum absolute atomic E-state index is 6.02. The van der Waals surface area contributed by atoms with E-state index in [2.05, 4.69) is 36.3 Å². The summed E-state index contributed by atoms with van der Waals surface area (Å²) >= 11 is 0. The smallest absolute Gasteiger partial charge is 0.0797 e. The largest absolute Gasteiger partial charge is 0.369 e. The first kappa shape index (κ1) is 9.94. The van der Waals surface area contributed by atoms with Gasteiger partial charge in [-0.1, -0.05) is 24.3 Å². The molecule has 1 aliphatic carbocycles. The third-order valence-electron chi connectivity index (χ3n) is 2.89. The summed E-state index contributed by atoms with van der Waals surface area (Å²) < 4.78 is 6.02. The van der Waals surface area contributed by atoms with Crippen LogP contribution in [0.3, 0.4) is 0 Å². The van der Waals surface area contributed by atoms with Gasteiger partial charge in [-0.3, -0.25) is 0 Å². The van der Waals surface area contributed by atoms with Crippen LogP contribution in [0.5, 0.6) is 0 Å². The number of allylic oxidation sites excluding steroid dienone is 2. The van der Waals surface area contributed by atoms with Gasteiger partial charge in [-0.05, 0) is 32.9 Å². The van der Waals surface area contributed by atoms with E-state index in [-0.39, 0.29) is 0 Å². The Balaban J connectivity index is 1.79. The summed E-state index contributed by atoms with van der Waals surface area (Å²) in [6.45, 7) is 2.31. The van der Waals surface area contributed by atoms with Crippen LogP contribution in [0.2, 0.25) is 0 Å². The number of hydrogen-bond donors (Lipinski definition) is 0. The van der Waals surface area contributed by atoms with Crippen LogP contribution in [0.15, 0.2) is 24.3 Å². The number of rotatable bonds is 2. The highest BCUT2D eigenvalue weighted by Gasteiger charge is 2.20. The molecule has 14 heavy (non-hydrogen) atoms. The minimum Gasteiger partial charge on any atom is -0.369 e. The lowest BCUT2D eigenvalue weighted by Gasteiger charge is -2.31. The zero-order valence-corrected chi connectivity index (χ0v) is 8.86. The first-order valence-corrected chi connectivity index (χ1v) is 5.52. The van der Waals surface area contributed by atoms with Crippen LogP contribution in [0.4, 0.5) is 0 Å². The van der Waals surface area contributed by atoms with Gasteiger partial charge >= 0.3 is 0 Å². The minimum absolute atomic E-state index is 0.316. The topological polar surface area (TPSA) is 12.5 Å². The Kier molecular flexibility index (Phi) is 3.38. The third kappa shape index (κ3) is 2.69. The molecule has 0 spiro atoms. The SMILES string of the molecule is CN1CCCC(OC2C=CC=CC2)C1. The molecule has 0 aromatic carbocycles. The van der Waals surface area contributed by atoms with E-state index < -0.39 is 0 Å². The summed E-state index contributed by atoms with van der Waals surface area (Å²) in [6.07, 6.45) is 12.8. The Labute approximate surface area is 86.2 Å². The Morgan fingerprint density at radius 2 is 2.29 bits per heavy atom. The standard InChI is InChI=1S/C12H19NO/c1-13-9-5-8-12(10-13)14-11-6-3-2-4-7-11/h2-4,6,11-12H,5,7-10H2,1H3. The minimum atomic E-state index is 0.316. The highest BCUT2D eigenvalue weighted by Crippen LogP contribution is 2.17. The molecule has 2 atom stereocenters. The lowest BCUT2D eigenvalue weighted by atomic mass is 10.1. The van der Waals surface area contributed by atoms with Crippen LogP contribution in [-0.2, 0) is 4.74 Å². The highest BCUT2D eigenvalue weighted by atomic mass is 16.5. The predicted molar refractivity (Wildman–Crippen MR) is 58.3 cm³/mol. The van der Waals surface area contributed by atoms with Gasteiger partial charge in [-0.15, -0.1) is 0 Å². The van der Waals surface area contributed by atoms with Gasteiger partial charge in [0.2, 0.25) is 0 Å². The van der Waals surface area contributed by atoms with E-state index in [4.69, 9.17) is 4.74 Å². The fraction of sp³-hybridized carbons (Fsp3) is 0.667. The van der Waals surface area contributed by atoms with E-state index in [0.717, 1.165) is 13.0 Å². The van der Waals surface area contributed by atoms with Crippen molar-refractivity contribution < 1.29 is 4.74 Å². The molecule has 2 rings (SSSR count). The van der Waals surface area contributed by atoms with Crippen molar-refractivity contribution in [3.8, 4) is 0 Å². The second-order valence-corrected chi connectivity index (χ2v) is 4.25. The van der Waals surface area contributed by atoms with Gasteiger partial charge in [0.25, 0.3) is 0 Å². The molecule has 0 bridgehead atoms. The molecule has 1 saturated heterocycles. The Morgan fingerprint density at radius 3 is 3.00 bits per heavy atom. The van der Waals surface area contributed by atoms with Crippen LogP contribution < -0.4 is 0 Å². The van der Waals surface area contributed by atoms with Gasteiger partial charge in [0, 0.05) is 6.54 Å². The van der Waals surface area contributed by atoms with Crippen molar-refractivity contribution in [1.82, 2.24) is 4.90 Å². The van der Waals surface area contributed by atoms with Crippen molar-refractivity contribution in [2.45, 2.75) is 31.5 Å². The fourth-order valence-corrected chi connectivity index (χ4v) is 2.14. The zero-order chi connectivity index (χ0) is 9.80. The molecule has 1 aliphatic heterocycles. The van der Waals surface area contributed by atoms with Crippen LogP contribution in [0.25, 0.3) is 0 Å². The average Bonchev–Trinajstić information content (AvgIpc) is 2.19. The molecule has 2 unspecified atom stereocenters. The zero-order valence-electron chi connectivity index (χ0n) is 8.86. The second kappa shape index (κ2) is 4.76. The van der Waals surface area contributed by atoms with Crippen molar-refractivity contribution in [3.63, 3.8) is 0 Å². The van der Waals surface area contributed by atoms with Crippen LogP contribution in [0.1, 0.15) is 19.3 Å². The monoisotopic (exact) mass is 193 g/mol. The summed E-state index contributed by atoms with van der Waals surface area (Å²) in [5.41, 5.74) is 0. The maximum atomic E-state index is 6.02. The van der Waals surface area contributed by atoms with Gasteiger partial charge in [-0.25, -0.2) is 0 Å². The molecule has 1 heterocycles. The number of likely N-dealkylation sites (tertiary alicyclic amines) is 1. The first-order valence-electron chi connectivity index (χ1n) is 5.52. The molecule has 0 aromatic rings. The quantitative estimate of drug-likeness (QED) is 0.665. The molecule has 0 amide bonds. The van der Waals surface area contributed by atoms with E-state index in [1.54, 1.807) is 0 Å². The van der Waals surface area contributed by atoms with Gasteiger partial charge < -0.3 is 9.64 Å². The van der Waals surface area contributed by atoms with E-state index >= 15 is 0 Å². The summed E-state index contributed by atoms with van der Waals surface area (Å²) in [5, 5.41) is 0. The van der Waals surface area contributed by atoms with Crippen LogP contribution in [0, 0.1) is 0 Å². The summed E-state index contributed by atoms with van der Waals surface area (Å²) in [4.78, 5) is 2.36. The van der Waals surface area contributed by atoms with E-state index in [1.807, 2.05) is 0 Å². The number of hydrogen-bond acceptors (Lipinski definition) is 2. The predicted octanol–water partition coefficient (Wildman–Crippen LogP) is 1.98. The number of likely N-dealkylation sites (N-methyl/N-ethyl adjacent to an activating group) is 1. The van der Waals surface area contributed by atoms with E-state index in [9.17, 15) is 0 Å². The molecule has 1 fully saturated rings. The molecule has 0 N–H and O–H groups in total. The molecular weight excluding hydrogens is 174 g/mol. The third-order valence-corrected chi connectivity index (χ3v) is 2.89. The Hall–Kier alpha value is -0.600. The van der Waals surface area contributed by atoms with Gasteiger partial charge in [0.05, 0.1) is 12.2 Å². The average molecular weight is 193 g/mol. The lowest BCUT2D eigenvalue weighted by molar-refractivity contribution is -0.0228. The van der Waals surface area contributed by atoms with Gasteiger partial charge in [-0.2, -0.15) is 0 Å². The summed E-state index contributed by atoms with van der Waals surface area (Å²) in [5.74, 6) is 0. The molecule has 2 aliphatic rings. The van der Waals surface area contributed by atoms with Crippen molar-refractivity contribution in [2.24, 2.45) is 0 Å². The molecule has 0 aromatic heterocycles. The number of ether oxygens (including phenoxy) is 1. The molecule has 2 heteroatoms. The molecule has 78 valence electrons. The lowest BCUT2D eigenvalue weighted by Crippen LogP contribution is -2.38.